The maximum Gasteiger partial charge on any atom is 0.0632 e. The van der Waals surface area contributed by atoms with E-state index in [0.717, 1.165) is 17.1 Å². The van der Waals surface area contributed by atoms with Gasteiger partial charge in [-0.05, 0) is 43.3 Å². The molecule has 2 nitrogen and oxygen atoms in total. The van der Waals surface area contributed by atoms with Crippen molar-refractivity contribution in [3.8, 4) is 0 Å². The summed E-state index contributed by atoms with van der Waals surface area (Å²) in [6, 6.07) is 11.8. The second-order valence-electron chi connectivity index (χ2n) is 3.68. The first kappa shape index (κ1) is 11.3. The van der Waals surface area contributed by atoms with E-state index in [1.54, 1.807) is 6.20 Å². The van der Waals surface area contributed by atoms with Crippen molar-refractivity contribution in [1.29, 1.82) is 0 Å². The lowest BCUT2D eigenvalue weighted by atomic mass is 10.2. The first-order valence-corrected chi connectivity index (χ1v) is 5.54. The SMILES string of the molecule is Cc1cccc(/C=C/C=C/c2ccccn2)n1. The second-order valence-corrected chi connectivity index (χ2v) is 3.68. The molecule has 0 unspecified atom stereocenters. The Labute approximate surface area is 101 Å². The van der Waals surface area contributed by atoms with E-state index in [0.29, 0.717) is 0 Å². The molecule has 0 N–H and O–H groups in total. The number of aryl methyl sites for hydroxylation is 1. The van der Waals surface area contributed by atoms with Gasteiger partial charge in [0, 0.05) is 11.9 Å². The Morgan fingerprint density at radius 1 is 0.882 bits per heavy atom. The van der Waals surface area contributed by atoms with Crippen LogP contribution in [0.5, 0.6) is 0 Å². The number of hydrogen-bond donors (Lipinski definition) is 0. The van der Waals surface area contributed by atoms with Gasteiger partial charge in [0.15, 0.2) is 0 Å². The summed E-state index contributed by atoms with van der Waals surface area (Å²) < 4.78 is 0. The van der Waals surface area contributed by atoms with Crippen molar-refractivity contribution in [3.05, 3.63) is 71.8 Å². The van der Waals surface area contributed by atoms with Gasteiger partial charge >= 0.3 is 0 Å². The van der Waals surface area contributed by atoms with E-state index in [9.17, 15) is 0 Å². The Balaban J connectivity index is 2.01. The molecule has 0 aliphatic rings. The van der Waals surface area contributed by atoms with Gasteiger partial charge in [-0.3, -0.25) is 9.97 Å². The summed E-state index contributed by atoms with van der Waals surface area (Å²) in [5, 5.41) is 0. The standard InChI is InChI=1S/C15H14N2/c1-13-7-6-11-15(17-13)10-3-2-8-14-9-4-5-12-16-14/h2-12H,1H3/b8-2+,10-3+. The Morgan fingerprint density at radius 2 is 1.65 bits per heavy atom. The van der Waals surface area contributed by atoms with Gasteiger partial charge in [0.25, 0.3) is 0 Å². The molecule has 84 valence electrons. The Kier molecular flexibility index (Phi) is 3.81. The van der Waals surface area contributed by atoms with Crippen LogP contribution in [0.3, 0.4) is 0 Å². The molecule has 0 fully saturated rings. The zero-order chi connectivity index (χ0) is 11.9. The highest BCUT2D eigenvalue weighted by Crippen LogP contribution is 2.01. The van der Waals surface area contributed by atoms with Gasteiger partial charge in [-0.25, -0.2) is 0 Å². The summed E-state index contributed by atoms with van der Waals surface area (Å²) in [6.07, 6.45) is 9.66. The summed E-state index contributed by atoms with van der Waals surface area (Å²) >= 11 is 0. The van der Waals surface area contributed by atoms with Gasteiger partial charge in [-0.1, -0.05) is 24.3 Å². The quantitative estimate of drug-likeness (QED) is 0.743. The minimum absolute atomic E-state index is 0.953. The molecule has 0 spiro atoms. The molecule has 17 heavy (non-hydrogen) atoms. The second kappa shape index (κ2) is 5.75. The molecule has 0 atom stereocenters. The zero-order valence-corrected chi connectivity index (χ0v) is 9.75. The lowest BCUT2D eigenvalue weighted by molar-refractivity contribution is 1.18. The van der Waals surface area contributed by atoms with Gasteiger partial charge in [0.05, 0.1) is 11.4 Å². The highest BCUT2D eigenvalue weighted by Gasteiger charge is 1.87. The molecule has 0 aliphatic carbocycles. The van der Waals surface area contributed by atoms with Crippen LogP contribution in [0.15, 0.2) is 54.7 Å². The minimum Gasteiger partial charge on any atom is -0.257 e. The van der Waals surface area contributed by atoms with E-state index in [4.69, 9.17) is 0 Å². The fourth-order valence-corrected chi connectivity index (χ4v) is 1.44. The first-order chi connectivity index (χ1) is 8.34. The fraction of sp³-hybridized carbons (Fsp3) is 0.0667. The molecule has 0 aromatic carbocycles. The van der Waals surface area contributed by atoms with Crippen LogP contribution < -0.4 is 0 Å². The molecule has 0 saturated carbocycles. The summed E-state index contributed by atoms with van der Waals surface area (Å²) in [4.78, 5) is 8.58. The number of rotatable bonds is 3. The summed E-state index contributed by atoms with van der Waals surface area (Å²) in [5.41, 5.74) is 2.95. The van der Waals surface area contributed by atoms with Crippen molar-refractivity contribution >= 4 is 12.2 Å². The Morgan fingerprint density at radius 3 is 2.35 bits per heavy atom. The van der Waals surface area contributed by atoms with Crippen molar-refractivity contribution < 1.29 is 0 Å². The Hall–Kier alpha value is -2.22. The molecule has 0 amide bonds. The first-order valence-electron chi connectivity index (χ1n) is 5.54. The van der Waals surface area contributed by atoms with Crippen molar-refractivity contribution in [2.45, 2.75) is 6.92 Å². The van der Waals surface area contributed by atoms with E-state index < -0.39 is 0 Å². The molecule has 2 aromatic rings. The molecule has 2 aromatic heterocycles. The highest BCUT2D eigenvalue weighted by atomic mass is 14.7. The van der Waals surface area contributed by atoms with Gasteiger partial charge in [0.1, 0.15) is 0 Å². The molecule has 0 bridgehead atoms. The van der Waals surface area contributed by atoms with Crippen LogP contribution in [-0.4, -0.2) is 9.97 Å². The maximum absolute atomic E-state index is 4.38. The molecule has 0 aliphatic heterocycles. The topological polar surface area (TPSA) is 25.8 Å². The normalized spacial score (nSPS) is 11.4. The van der Waals surface area contributed by atoms with Gasteiger partial charge in [0.2, 0.25) is 0 Å². The van der Waals surface area contributed by atoms with Crippen LogP contribution >= 0.6 is 0 Å². The van der Waals surface area contributed by atoms with Gasteiger partial charge in [-0.2, -0.15) is 0 Å². The van der Waals surface area contributed by atoms with Crippen LogP contribution in [0.4, 0.5) is 0 Å². The minimum atomic E-state index is 0.953. The van der Waals surface area contributed by atoms with E-state index in [-0.39, 0.29) is 0 Å². The van der Waals surface area contributed by atoms with Gasteiger partial charge in [-0.15, -0.1) is 0 Å². The van der Waals surface area contributed by atoms with Crippen LogP contribution in [0.1, 0.15) is 17.1 Å². The maximum atomic E-state index is 4.38. The predicted octanol–water partition coefficient (Wildman–Crippen LogP) is 3.51. The molecular formula is C15H14N2. The van der Waals surface area contributed by atoms with Crippen LogP contribution in [0, 0.1) is 6.92 Å². The average Bonchev–Trinajstić information content (AvgIpc) is 2.36. The molecule has 0 saturated heterocycles. The smallest absolute Gasteiger partial charge is 0.0632 e. The average molecular weight is 222 g/mol. The molecular weight excluding hydrogens is 208 g/mol. The van der Waals surface area contributed by atoms with E-state index in [1.807, 2.05) is 67.6 Å². The van der Waals surface area contributed by atoms with Crippen molar-refractivity contribution in [2.24, 2.45) is 0 Å². The number of allylic oxidation sites excluding steroid dienone is 2. The largest absolute Gasteiger partial charge is 0.257 e. The number of nitrogens with zero attached hydrogens (tertiary/aromatic N) is 2. The summed E-state index contributed by atoms with van der Waals surface area (Å²) in [7, 11) is 0. The summed E-state index contributed by atoms with van der Waals surface area (Å²) in [5.74, 6) is 0. The van der Waals surface area contributed by atoms with Gasteiger partial charge < -0.3 is 0 Å². The van der Waals surface area contributed by atoms with Crippen LogP contribution in [0.2, 0.25) is 0 Å². The number of aromatic nitrogens is 2. The fourth-order valence-electron chi connectivity index (χ4n) is 1.44. The molecule has 2 heterocycles. The third-order valence-electron chi connectivity index (χ3n) is 2.24. The zero-order valence-electron chi connectivity index (χ0n) is 9.75. The van der Waals surface area contributed by atoms with E-state index in [1.165, 1.54) is 0 Å². The molecule has 2 rings (SSSR count). The molecule has 0 radical (unpaired) electrons. The predicted molar refractivity (Wildman–Crippen MR) is 71.3 cm³/mol. The highest BCUT2D eigenvalue weighted by molar-refractivity contribution is 5.53. The number of pyridine rings is 2. The van der Waals surface area contributed by atoms with E-state index in [2.05, 4.69) is 9.97 Å². The summed E-state index contributed by atoms with van der Waals surface area (Å²) in [6.45, 7) is 1.99. The van der Waals surface area contributed by atoms with Crippen LogP contribution in [-0.2, 0) is 0 Å². The monoisotopic (exact) mass is 222 g/mol. The third-order valence-corrected chi connectivity index (χ3v) is 2.24. The van der Waals surface area contributed by atoms with Crippen molar-refractivity contribution in [3.63, 3.8) is 0 Å². The van der Waals surface area contributed by atoms with E-state index >= 15 is 0 Å². The Bertz CT molecular complexity index is 528. The van der Waals surface area contributed by atoms with Crippen LogP contribution in [0.25, 0.3) is 12.2 Å². The lowest BCUT2D eigenvalue weighted by Crippen LogP contribution is -1.82. The number of hydrogen-bond acceptors (Lipinski definition) is 2. The third kappa shape index (κ3) is 3.68. The van der Waals surface area contributed by atoms with Crippen molar-refractivity contribution in [2.75, 3.05) is 0 Å². The molecule has 2 heteroatoms. The van der Waals surface area contributed by atoms with Crippen molar-refractivity contribution in [1.82, 2.24) is 9.97 Å². The lowest BCUT2D eigenvalue weighted by Gasteiger charge is -1.93.